The van der Waals surface area contributed by atoms with Crippen molar-refractivity contribution in [1.29, 1.82) is 0 Å². The van der Waals surface area contributed by atoms with Crippen molar-refractivity contribution in [1.82, 2.24) is 5.32 Å². The van der Waals surface area contributed by atoms with E-state index in [1.54, 1.807) is 6.92 Å². The van der Waals surface area contributed by atoms with E-state index in [1.165, 1.54) is 18.2 Å². The van der Waals surface area contributed by atoms with Crippen molar-refractivity contribution in [3.63, 3.8) is 0 Å². The smallest absolute Gasteiger partial charge is 0.252 e. The van der Waals surface area contributed by atoms with Crippen LogP contribution in [-0.4, -0.2) is 11.9 Å². The zero-order chi connectivity index (χ0) is 12.8. The molecule has 17 heavy (non-hydrogen) atoms. The molecule has 90 valence electrons. The molecule has 0 aliphatic carbocycles. The van der Waals surface area contributed by atoms with Crippen LogP contribution in [0.15, 0.2) is 18.2 Å². The van der Waals surface area contributed by atoms with Gasteiger partial charge in [-0.1, -0.05) is 19.3 Å². The van der Waals surface area contributed by atoms with Gasteiger partial charge in [-0.2, -0.15) is 0 Å². The molecule has 1 atom stereocenters. The number of carbonyl (C=O) groups is 1. The maximum Gasteiger partial charge on any atom is 0.252 e. The predicted octanol–water partition coefficient (Wildman–Crippen LogP) is 2.67. The largest absolute Gasteiger partial charge is 0.338 e. The predicted molar refractivity (Wildman–Crippen MR) is 66.1 cm³/mol. The molecule has 1 aromatic carbocycles. The normalized spacial score (nSPS) is 11.6. The van der Waals surface area contributed by atoms with Gasteiger partial charge in [0, 0.05) is 5.56 Å². The number of hydrogen-bond acceptors (Lipinski definition) is 1. The van der Waals surface area contributed by atoms with Crippen LogP contribution in [0.25, 0.3) is 0 Å². The number of nitrogens with one attached hydrogen (secondary N) is 1. The first-order valence-electron chi connectivity index (χ1n) is 5.61. The average molecular weight is 233 g/mol. The molecule has 0 bridgehead atoms. The van der Waals surface area contributed by atoms with Crippen molar-refractivity contribution in [2.45, 2.75) is 32.7 Å². The molecule has 2 nitrogen and oxygen atoms in total. The van der Waals surface area contributed by atoms with Gasteiger partial charge in [0.1, 0.15) is 5.82 Å². The number of carbonyl (C=O) groups excluding carboxylic acids is 1. The number of terminal acetylenes is 1. The quantitative estimate of drug-likeness (QED) is 0.796. The highest BCUT2D eigenvalue weighted by atomic mass is 19.1. The van der Waals surface area contributed by atoms with Crippen LogP contribution in [0.5, 0.6) is 0 Å². The summed E-state index contributed by atoms with van der Waals surface area (Å²) in [5.74, 6) is 1.95. The van der Waals surface area contributed by atoms with Gasteiger partial charge in [0.25, 0.3) is 5.91 Å². The van der Waals surface area contributed by atoms with Gasteiger partial charge in [-0.3, -0.25) is 4.79 Å². The Morgan fingerprint density at radius 2 is 2.29 bits per heavy atom. The summed E-state index contributed by atoms with van der Waals surface area (Å²) < 4.78 is 13.0. The van der Waals surface area contributed by atoms with Crippen LogP contribution in [0, 0.1) is 25.1 Å². The fraction of sp³-hybridized carbons (Fsp3) is 0.357. The second-order valence-electron chi connectivity index (χ2n) is 3.95. The third kappa shape index (κ3) is 3.60. The van der Waals surface area contributed by atoms with E-state index >= 15 is 0 Å². The first kappa shape index (κ1) is 13.2. The summed E-state index contributed by atoms with van der Waals surface area (Å²) in [7, 11) is 0. The minimum absolute atomic E-state index is 0.260. The summed E-state index contributed by atoms with van der Waals surface area (Å²) in [4.78, 5) is 11.8. The van der Waals surface area contributed by atoms with E-state index in [1.807, 2.05) is 6.92 Å². The van der Waals surface area contributed by atoms with Gasteiger partial charge < -0.3 is 5.32 Å². The molecule has 1 aromatic rings. The summed E-state index contributed by atoms with van der Waals surface area (Å²) in [5, 5.41) is 2.73. The number of halogens is 1. The molecular formula is C14H16FNO. The fourth-order valence-corrected chi connectivity index (χ4v) is 1.51. The zero-order valence-corrected chi connectivity index (χ0v) is 10.1. The maximum atomic E-state index is 13.0. The molecule has 0 radical (unpaired) electrons. The summed E-state index contributed by atoms with van der Waals surface area (Å²) in [6.45, 7) is 3.62. The molecule has 0 aliphatic rings. The van der Waals surface area contributed by atoms with Gasteiger partial charge in [0.05, 0.1) is 6.04 Å². The second-order valence-corrected chi connectivity index (χ2v) is 3.95. The Kier molecular flexibility index (Phi) is 4.71. The van der Waals surface area contributed by atoms with Gasteiger partial charge in [-0.15, -0.1) is 6.42 Å². The zero-order valence-electron chi connectivity index (χ0n) is 10.1. The fourth-order valence-electron chi connectivity index (χ4n) is 1.51. The molecule has 3 heteroatoms. The van der Waals surface area contributed by atoms with Gasteiger partial charge in [0.15, 0.2) is 0 Å². The van der Waals surface area contributed by atoms with Crippen LogP contribution in [0.3, 0.4) is 0 Å². The van der Waals surface area contributed by atoms with Crippen LogP contribution in [-0.2, 0) is 0 Å². The molecule has 1 unspecified atom stereocenters. The lowest BCUT2D eigenvalue weighted by molar-refractivity contribution is 0.0944. The van der Waals surface area contributed by atoms with Crippen molar-refractivity contribution in [2.24, 2.45) is 0 Å². The monoisotopic (exact) mass is 233 g/mol. The minimum atomic E-state index is -0.316. The molecule has 1 amide bonds. The SMILES string of the molecule is C#CC(CCC)NC(=O)c1ccc(F)c(C)c1. The van der Waals surface area contributed by atoms with E-state index in [-0.39, 0.29) is 17.8 Å². The Morgan fingerprint density at radius 1 is 1.59 bits per heavy atom. The Balaban J connectivity index is 2.76. The first-order chi connectivity index (χ1) is 8.08. The maximum absolute atomic E-state index is 13.0. The van der Waals surface area contributed by atoms with E-state index in [9.17, 15) is 9.18 Å². The van der Waals surface area contributed by atoms with Gasteiger partial charge in [0.2, 0.25) is 0 Å². The minimum Gasteiger partial charge on any atom is -0.338 e. The molecule has 0 aromatic heterocycles. The van der Waals surface area contributed by atoms with E-state index in [4.69, 9.17) is 6.42 Å². The summed E-state index contributed by atoms with van der Waals surface area (Å²) >= 11 is 0. The van der Waals surface area contributed by atoms with E-state index in [0.29, 0.717) is 11.1 Å². The van der Waals surface area contributed by atoms with Crippen LogP contribution in [0.4, 0.5) is 4.39 Å². The highest BCUT2D eigenvalue weighted by Crippen LogP contribution is 2.09. The Morgan fingerprint density at radius 3 is 2.82 bits per heavy atom. The lowest BCUT2D eigenvalue weighted by atomic mass is 10.1. The van der Waals surface area contributed by atoms with Crippen molar-refractivity contribution in [3.8, 4) is 12.3 Å². The number of aryl methyl sites for hydroxylation is 1. The van der Waals surface area contributed by atoms with Crippen LogP contribution in [0.2, 0.25) is 0 Å². The number of amides is 1. The Labute approximate surface area is 101 Å². The van der Waals surface area contributed by atoms with E-state index in [0.717, 1.165) is 12.8 Å². The van der Waals surface area contributed by atoms with Gasteiger partial charge >= 0.3 is 0 Å². The third-order valence-corrected chi connectivity index (χ3v) is 2.50. The molecule has 0 heterocycles. The highest BCUT2D eigenvalue weighted by molar-refractivity contribution is 5.94. The van der Waals surface area contributed by atoms with Crippen molar-refractivity contribution in [3.05, 3.63) is 35.1 Å². The number of rotatable bonds is 4. The average Bonchev–Trinajstić information content (AvgIpc) is 2.31. The molecule has 0 spiro atoms. The third-order valence-electron chi connectivity index (χ3n) is 2.50. The molecule has 1 rings (SSSR count). The Bertz CT molecular complexity index is 448. The molecule has 0 saturated carbocycles. The van der Waals surface area contributed by atoms with Crippen LogP contribution < -0.4 is 5.32 Å². The van der Waals surface area contributed by atoms with E-state index in [2.05, 4.69) is 11.2 Å². The topological polar surface area (TPSA) is 29.1 Å². The lowest BCUT2D eigenvalue weighted by Gasteiger charge is -2.12. The van der Waals surface area contributed by atoms with Crippen LogP contribution in [0.1, 0.15) is 35.7 Å². The first-order valence-corrected chi connectivity index (χ1v) is 5.61. The molecule has 0 saturated heterocycles. The lowest BCUT2D eigenvalue weighted by Crippen LogP contribution is -2.33. The molecule has 0 aliphatic heterocycles. The van der Waals surface area contributed by atoms with Crippen molar-refractivity contribution in [2.75, 3.05) is 0 Å². The van der Waals surface area contributed by atoms with Crippen molar-refractivity contribution < 1.29 is 9.18 Å². The van der Waals surface area contributed by atoms with E-state index < -0.39 is 0 Å². The van der Waals surface area contributed by atoms with Gasteiger partial charge in [-0.05, 0) is 37.1 Å². The highest BCUT2D eigenvalue weighted by Gasteiger charge is 2.11. The molecule has 1 N–H and O–H groups in total. The van der Waals surface area contributed by atoms with Crippen LogP contribution >= 0.6 is 0 Å². The van der Waals surface area contributed by atoms with Gasteiger partial charge in [-0.25, -0.2) is 4.39 Å². The molecular weight excluding hydrogens is 217 g/mol. The number of hydrogen-bond donors (Lipinski definition) is 1. The second kappa shape index (κ2) is 6.05. The summed E-state index contributed by atoms with van der Waals surface area (Å²) in [6.07, 6.45) is 6.95. The van der Waals surface area contributed by atoms with Crippen molar-refractivity contribution >= 4 is 5.91 Å². The Hall–Kier alpha value is -1.82. The summed E-state index contributed by atoms with van der Waals surface area (Å²) in [5.41, 5.74) is 0.880. The molecule has 0 fully saturated rings. The standard InChI is InChI=1S/C14H16FNO/c1-4-6-12(5-2)16-14(17)11-7-8-13(15)10(3)9-11/h2,7-9,12H,4,6H2,1,3H3,(H,16,17). The summed E-state index contributed by atoms with van der Waals surface area (Å²) in [6, 6.07) is 3.99. The number of benzene rings is 1.